The molecule has 0 saturated carbocycles. The van der Waals surface area contributed by atoms with Crippen LogP contribution in [0.1, 0.15) is 26.2 Å². The van der Waals surface area contributed by atoms with Gasteiger partial charge in [-0.1, -0.05) is 0 Å². The predicted octanol–water partition coefficient (Wildman–Crippen LogP) is 0.224. The van der Waals surface area contributed by atoms with Crippen molar-refractivity contribution < 1.29 is 19.8 Å². The van der Waals surface area contributed by atoms with Gasteiger partial charge < -0.3 is 15.5 Å². The van der Waals surface area contributed by atoms with E-state index in [9.17, 15) is 14.7 Å². The van der Waals surface area contributed by atoms with Crippen LogP contribution in [-0.2, 0) is 9.59 Å². The van der Waals surface area contributed by atoms with Gasteiger partial charge in [0.2, 0.25) is 5.91 Å². The summed E-state index contributed by atoms with van der Waals surface area (Å²) in [5.74, 6) is -0.188. The fourth-order valence-corrected chi connectivity index (χ4v) is 2.75. The smallest absolute Gasteiger partial charge is 0.306 e. The lowest BCUT2D eigenvalue weighted by Crippen LogP contribution is -2.44. The molecule has 6 heteroatoms. The van der Waals surface area contributed by atoms with Crippen LogP contribution < -0.4 is 5.32 Å². The molecule has 5 nitrogen and oxygen atoms in total. The zero-order valence-electron chi connectivity index (χ0n) is 9.23. The molecule has 0 radical (unpaired) electrons. The number of carbonyl (C=O) groups is 2. The van der Waals surface area contributed by atoms with E-state index in [0.29, 0.717) is 0 Å². The minimum absolute atomic E-state index is 0.0187. The van der Waals surface area contributed by atoms with Gasteiger partial charge in [0.1, 0.15) is 0 Å². The average molecular weight is 247 g/mol. The Morgan fingerprint density at radius 3 is 2.75 bits per heavy atom. The molecule has 2 unspecified atom stereocenters. The third-order valence-electron chi connectivity index (χ3n) is 2.40. The maximum absolute atomic E-state index is 11.6. The lowest BCUT2D eigenvalue weighted by atomic mass is 10.0. The summed E-state index contributed by atoms with van der Waals surface area (Å²) in [6, 6.07) is 0. The minimum atomic E-state index is -1.38. The number of thioether (sulfide) groups is 1. The molecule has 2 atom stereocenters. The molecule has 0 bridgehead atoms. The summed E-state index contributed by atoms with van der Waals surface area (Å²) in [6.45, 7) is 1.39. The van der Waals surface area contributed by atoms with Crippen molar-refractivity contribution >= 4 is 23.6 Å². The first-order valence-corrected chi connectivity index (χ1v) is 6.29. The topological polar surface area (TPSA) is 86.6 Å². The first-order valence-electron chi connectivity index (χ1n) is 5.24. The maximum atomic E-state index is 11.6. The standard InChI is InChI=1S/C10H17NO4S/c1-10(15,5-8(12)13)6-11-9(14)7-3-2-4-16-7/h7,15H,2-6H2,1H3,(H,11,14)(H,12,13). The Morgan fingerprint density at radius 2 is 2.25 bits per heavy atom. The number of aliphatic hydroxyl groups is 1. The molecule has 1 fully saturated rings. The highest BCUT2D eigenvalue weighted by Gasteiger charge is 2.28. The normalized spacial score (nSPS) is 23.8. The molecule has 16 heavy (non-hydrogen) atoms. The molecule has 1 aliphatic heterocycles. The van der Waals surface area contributed by atoms with Gasteiger partial charge in [0.15, 0.2) is 0 Å². The van der Waals surface area contributed by atoms with Gasteiger partial charge in [-0.25, -0.2) is 0 Å². The van der Waals surface area contributed by atoms with Gasteiger partial charge in [0.05, 0.1) is 17.3 Å². The zero-order chi connectivity index (χ0) is 12.2. The Kier molecular flexibility index (Phi) is 4.61. The van der Waals surface area contributed by atoms with Crippen LogP contribution >= 0.6 is 11.8 Å². The van der Waals surface area contributed by atoms with Crippen LogP contribution in [0.4, 0.5) is 0 Å². The van der Waals surface area contributed by atoms with Crippen LogP contribution in [0.15, 0.2) is 0 Å². The third kappa shape index (κ3) is 4.40. The van der Waals surface area contributed by atoms with Crippen molar-refractivity contribution in [2.45, 2.75) is 37.0 Å². The summed E-state index contributed by atoms with van der Waals surface area (Å²) in [5, 5.41) is 20.8. The third-order valence-corrected chi connectivity index (χ3v) is 3.77. The quantitative estimate of drug-likeness (QED) is 0.647. The Hall–Kier alpha value is -0.750. The second kappa shape index (κ2) is 5.54. The van der Waals surface area contributed by atoms with Crippen molar-refractivity contribution in [3.05, 3.63) is 0 Å². The molecular formula is C10H17NO4S. The molecule has 1 rings (SSSR count). The largest absolute Gasteiger partial charge is 0.481 e. The van der Waals surface area contributed by atoms with Crippen LogP contribution in [0, 0.1) is 0 Å². The fourth-order valence-electron chi connectivity index (χ4n) is 1.56. The number of hydrogen-bond donors (Lipinski definition) is 3. The Morgan fingerprint density at radius 1 is 1.56 bits per heavy atom. The Balaban J connectivity index is 2.32. The second-order valence-electron chi connectivity index (χ2n) is 4.29. The van der Waals surface area contributed by atoms with Gasteiger partial charge >= 0.3 is 5.97 Å². The molecule has 0 aromatic carbocycles. The number of nitrogens with one attached hydrogen (secondary N) is 1. The number of aliphatic carboxylic acids is 1. The molecular weight excluding hydrogens is 230 g/mol. The summed E-state index contributed by atoms with van der Waals surface area (Å²) < 4.78 is 0. The van der Waals surface area contributed by atoms with Crippen molar-refractivity contribution in [2.75, 3.05) is 12.3 Å². The zero-order valence-corrected chi connectivity index (χ0v) is 10.0. The van der Waals surface area contributed by atoms with E-state index in [1.165, 1.54) is 6.92 Å². The van der Waals surface area contributed by atoms with Crippen molar-refractivity contribution in [3.8, 4) is 0 Å². The second-order valence-corrected chi connectivity index (χ2v) is 5.60. The van der Waals surface area contributed by atoms with E-state index in [2.05, 4.69) is 5.32 Å². The van der Waals surface area contributed by atoms with Crippen LogP contribution in [0.5, 0.6) is 0 Å². The van der Waals surface area contributed by atoms with Crippen molar-refractivity contribution in [1.29, 1.82) is 0 Å². The summed E-state index contributed by atoms with van der Waals surface area (Å²) in [4.78, 5) is 22.0. The summed E-state index contributed by atoms with van der Waals surface area (Å²) in [5.41, 5.74) is -1.38. The van der Waals surface area contributed by atoms with E-state index < -0.39 is 11.6 Å². The van der Waals surface area contributed by atoms with Gasteiger partial charge in [-0.3, -0.25) is 9.59 Å². The van der Waals surface area contributed by atoms with E-state index in [1.807, 2.05) is 0 Å². The average Bonchev–Trinajstić information content (AvgIpc) is 2.64. The SMILES string of the molecule is CC(O)(CNC(=O)C1CCCS1)CC(=O)O. The first kappa shape index (κ1) is 13.3. The number of hydrogen-bond acceptors (Lipinski definition) is 4. The summed E-state index contributed by atoms with van der Waals surface area (Å²) >= 11 is 1.60. The van der Waals surface area contributed by atoms with E-state index >= 15 is 0 Å². The van der Waals surface area contributed by atoms with Crippen LogP contribution in [0.2, 0.25) is 0 Å². The van der Waals surface area contributed by atoms with Crippen LogP contribution in [0.3, 0.4) is 0 Å². The molecule has 0 spiro atoms. The highest BCUT2D eigenvalue weighted by molar-refractivity contribution is 8.00. The number of carboxylic acids is 1. The summed E-state index contributed by atoms with van der Waals surface area (Å²) in [7, 11) is 0. The first-order chi connectivity index (χ1) is 7.41. The molecule has 1 saturated heterocycles. The molecule has 0 aromatic rings. The predicted molar refractivity (Wildman–Crippen MR) is 61.4 cm³/mol. The molecule has 1 heterocycles. The number of amides is 1. The maximum Gasteiger partial charge on any atom is 0.306 e. The van der Waals surface area contributed by atoms with E-state index in [4.69, 9.17) is 5.11 Å². The molecule has 1 aliphatic rings. The van der Waals surface area contributed by atoms with Crippen LogP contribution in [0.25, 0.3) is 0 Å². The van der Waals surface area contributed by atoms with Crippen LogP contribution in [-0.4, -0.2) is 45.2 Å². The van der Waals surface area contributed by atoms with E-state index in [-0.39, 0.29) is 24.1 Å². The molecule has 3 N–H and O–H groups in total. The van der Waals surface area contributed by atoms with Gasteiger partial charge in [0, 0.05) is 6.54 Å². The molecule has 92 valence electrons. The van der Waals surface area contributed by atoms with Gasteiger partial charge in [-0.15, -0.1) is 11.8 Å². The minimum Gasteiger partial charge on any atom is -0.481 e. The molecule has 1 amide bonds. The lowest BCUT2D eigenvalue weighted by molar-refractivity contribution is -0.142. The summed E-state index contributed by atoms with van der Waals surface area (Å²) in [6.07, 6.45) is 1.52. The Bertz CT molecular complexity index is 274. The molecule has 0 aromatic heterocycles. The van der Waals surface area contributed by atoms with Gasteiger partial charge in [-0.05, 0) is 25.5 Å². The number of rotatable bonds is 5. The number of carbonyl (C=O) groups excluding carboxylic acids is 1. The van der Waals surface area contributed by atoms with Crippen molar-refractivity contribution in [1.82, 2.24) is 5.32 Å². The lowest BCUT2D eigenvalue weighted by Gasteiger charge is -2.22. The molecule has 0 aliphatic carbocycles. The monoisotopic (exact) mass is 247 g/mol. The van der Waals surface area contributed by atoms with Gasteiger partial charge in [-0.2, -0.15) is 0 Å². The van der Waals surface area contributed by atoms with Crippen molar-refractivity contribution in [2.24, 2.45) is 0 Å². The highest BCUT2D eigenvalue weighted by atomic mass is 32.2. The Labute approximate surface area is 98.6 Å². The fraction of sp³-hybridized carbons (Fsp3) is 0.800. The van der Waals surface area contributed by atoms with E-state index in [1.54, 1.807) is 11.8 Å². The highest BCUT2D eigenvalue weighted by Crippen LogP contribution is 2.26. The number of carboxylic acid groups (broad SMARTS) is 1. The van der Waals surface area contributed by atoms with E-state index in [0.717, 1.165) is 18.6 Å². The van der Waals surface area contributed by atoms with Crippen molar-refractivity contribution in [3.63, 3.8) is 0 Å². The van der Waals surface area contributed by atoms with Gasteiger partial charge in [0.25, 0.3) is 0 Å².